The first-order valence-corrected chi connectivity index (χ1v) is 7.03. The lowest BCUT2D eigenvalue weighted by atomic mass is 10.2. The van der Waals surface area contributed by atoms with Crippen molar-refractivity contribution in [3.05, 3.63) is 24.0 Å². The SMILES string of the molecule is CC(=O)CCn1c(CC#N)nc2cc(OC(C)C)ccc21. The van der Waals surface area contributed by atoms with Crippen molar-refractivity contribution in [1.29, 1.82) is 5.26 Å². The molecule has 21 heavy (non-hydrogen) atoms. The number of rotatable bonds is 6. The Morgan fingerprint density at radius 2 is 2.24 bits per heavy atom. The van der Waals surface area contributed by atoms with E-state index in [0.29, 0.717) is 18.8 Å². The van der Waals surface area contributed by atoms with E-state index < -0.39 is 0 Å². The second-order valence-electron chi connectivity index (χ2n) is 5.28. The first kappa shape index (κ1) is 15.0. The number of carbonyl (C=O) groups excluding carboxylic acids is 1. The Morgan fingerprint density at radius 1 is 1.48 bits per heavy atom. The van der Waals surface area contributed by atoms with Gasteiger partial charge >= 0.3 is 0 Å². The van der Waals surface area contributed by atoms with E-state index in [1.807, 2.05) is 36.6 Å². The molecule has 0 aliphatic rings. The number of aromatic nitrogens is 2. The van der Waals surface area contributed by atoms with Crippen molar-refractivity contribution in [3.63, 3.8) is 0 Å². The van der Waals surface area contributed by atoms with E-state index in [1.165, 1.54) is 0 Å². The molecule has 1 aromatic carbocycles. The van der Waals surface area contributed by atoms with Crippen LogP contribution in [0.4, 0.5) is 0 Å². The van der Waals surface area contributed by atoms with Gasteiger partial charge in [0.2, 0.25) is 0 Å². The summed E-state index contributed by atoms with van der Waals surface area (Å²) in [5.41, 5.74) is 1.72. The molecule has 0 radical (unpaired) electrons. The fourth-order valence-corrected chi connectivity index (χ4v) is 2.23. The quantitative estimate of drug-likeness (QED) is 0.818. The minimum Gasteiger partial charge on any atom is -0.491 e. The molecular formula is C16H19N3O2. The smallest absolute Gasteiger partial charge is 0.131 e. The molecule has 0 spiro atoms. The third kappa shape index (κ3) is 3.60. The average Bonchev–Trinajstić information content (AvgIpc) is 2.72. The Bertz CT molecular complexity index is 695. The van der Waals surface area contributed by atoms with E-state index in [4.69, 9.17) is 10.00 Å². The summed E-state index contributed by atoms with van der Waals surface area (Å²) in [7, 11) is 0. The molecule has 5 nitrogen and oxygen atoms in total. The number of nitriles is 1. The van der Waals surface area contributed by atoms with Gasteiger partial charge in [-0.15, -0.1) is 0 Å². The number of ether oxygens (including phenoxy) is 1. The molecule has 0 aliphatic heterocycles. The normalized spacial score (nSPS) is 10.8. The number of hydrogen-bond donors (Lipinski definition) is 0. The van der Waals surface area contributed by atoms with Crippen molar-refractivity contribution < 1.29 is 9.53 Å². The van der Waals surface area contributed by atoms with Crippen LogP contribution in [-0.2, 0) is 17.8 Å². The number of hydrogen-bond acceptors (Lipinski definition) is 4. The molecule has 0 aliphatic carbocycles. The molecular weight excluding hydrogens is 266 g/mol. The van der Waals surface area contributed by atoms with Crippen LogP contribution < -0.4 is 4.74 Å². The summed E-state index contributed by atoms with van der Waals surface area (Å²) >= 11 is 0. The van der Waals surface area contributed by atoms with Gasteiger partial charge in [-0.3, -0.25) is 4.79 Å². The van der Waals surface area contributed by atoms with Crippen LogP contribution in [0.25, 0.3) is 11.0 Å². The standard InChI is InChI=1S/C16H19N3O2/c1-11(2)21-13-4-5-15-14(10-13)18-16(6-8-17)19(15)9-7-12(3)20/h4-5,10-11H,6-7,9H2,1-3H3. The number of fused-ring (bicyclic) bond motifs is 1. The lowest BCUT2D eigenvalue weighted by molar-refractivity contribution is -0.117. The maximum atomic E-state index is 11.2. The van der Waals surface area contributed by atoms with Gasteiger partial charge in [-0.2, -0.15) is 5.26 Å². The Labute approximate surface area is 124 Å². The molecule has 2 aromatic rings. The Kier molecular flexibility index (Phi) is 4.59. The molecule has 1 heterocycles. The first-order chi connectivity index (χ1) is 10.0. The van der Waals surface area contributed by atoms with Crippen molar-refractivity contribution in [3.8, 4) is 11.8 Å². The van der Waals surface area contributed by atoms with E-state index >= 15 is 0 Å². The van der Waals surface area contributed by atoms with Crippen molar-refractivity contribution >= 4 is 16.8 Å². The first-order valence-electron chi connectivity index (χ1n) is 7.03. The molecule has 0 saturated carbocycles. The summed E-state index contributed by atoms with van der Waals surface area (Å²) < 4.78 is 7.60. The van der Waals surface area contributed by atoms with Crippen molar-refractivity contribution in [2.24, 2.45) is 0 Å². The topological polar surface area (TPSA) is 67.9 Å². The number of aryl methyl sites for hydroxylation is 1. The molecule has 0 unspecified atom stereocenters. The van der Waals surface area contributed by atoms with Crippen LogP contribution in [0.15, 0.2) is 18.2 Å². The number of nitrogens with zero attached hydrogens (tertiary/aromatic N) is 3. The van der Waals surface area contributed by atoms with Crippen LogP contribution in [0.5, 0.6) is 5.75 Å². The van der Waals surface area contributed by atoms with Crippen molar-refractivity contribution in [2.45, 2.75) is 46.3 Å². The summed E-state index contributed by atoms with van der Waals surface area (Å²) in [6, 6.07) is 7.82. The van der Waals surface area contributed by atoms with Crippen LogP contribution >= 0.6 is 0 Å². The van der Waals surface area contributed by atoms with Gasteiger partial charge < -0.3 is 9.30 Å². The Balaban J connectivity index is 2.41. The van der Waals surface area contributed by atoms with Crippen molar-refractivity contribution in [1.82, 2.24) is 9.55 Å². The molecule has 5 heteroatoms. The minimum absolute atomic E-state index is 0.0980. The van der Waals surface area contributed by atoms with Crippen LogP contribution in [0.3, 0.4) is 0 Å². The lowest BCUT2D eigenvalue weighted by Gasteiger charge is -2.10. The summed E-state index contributed by atoms with van der Waals surface area (Å²) in [5.74, 6) is 1.58. The van der Waals surface area contributed by atoms with E-state index in [9.17, 15) is 4.79 Å². The van der Waals surface area contributed by atoms with Gasteiger partial charge in [0.15, 0.2) is 0 Å². The summed E-state index contributed by atoms with van der Waals surface area (Å²) in [5, 5.41) is 8.93. The Hall–Kier alpha value is -2.35. The van der Waals surface area contributed by atoms with Gasteiger partial charge in [0, 0.05) is 19.0 Å². The second-order valence-corrected chi connectivity index (χ2v) is 5.28. The number of Topliss-reactive ketones (excluding diaryl/α,β-unsaturated/α-hetero) is 1. The van der Waals surface area contributed by atoms with Gasteiger partial charge in [0.05, 0.1) is 29.6 Å². The zero-order chi connectivity index (χ0) is 15.4. The molecule has 0 bridgehead atoms. The molecule has 0 fully saturated rings. The number of carbonyl (C=O) groups is 1. The highest BCUT2D eigenvalue weighted by Crippen LogP contribution is 2.23. The molecule has 0 atom stereocenters. The van der Waals surface area contributed by atoms with E-state index in [-0.39, 0.29) is 18.3 Å². The van der Waals surface area contributed by atoms with Gasteiger partial charge in [-0.05, 0) is 32.9 Å². The highest BCUT2D eigenvalue weighted by atomic mass is 16.5. The fourth-order valence-electron chi connectivity index (χ4n) is 2.23. The van der Waals surface area contributed by atoms with Crippen LogP contribution in [0, 0.1) is 11.3 Å². The molecule has 1 aromatic heterocycles. The van der Waals surface area contributed by atoms with Gasteiger partial charge in [-0.25, -0.2) is 4.98 Å². The zero-order valence-electron chi connectivity index (χ0n) is 12.6. The van der Waals surface area contributed by atoms with Crippen LogP contribution in [0.1, 0.15) is 33.0 Å². The molecule has 0 amide bonds. The highest BCUT2D eigenvalue weighted by Gasteiger charge is 2.12. The number of imidazole rings is 1. The third-order valence-electron chi connectivity index (χ3n) is 3.10. The maximum absolute atomic E-state index is 11.2. The number of ketones is 1. The van der Waals surface area contributed by atoms with E-state index in [0.717, 1.165) is 16.8 Å². The van der Waals surface area contributed by atoms with Gasteiger partial charge in [0.1, 0.15) is 17.4 Å². The predicted octanol–water partition coefficient (Wildman–Crippen LogP) is 2.87. The minimum atomic E-state index is 0.0980. The van der Waals surface area contributed by atoms with E-state index in [1.54, 1.807) is 6.92 Å². The highest BCUT2D eigenvalue weighted by molar-refractivity contribution is 5.79. The third-order valence-corrected chi connectivity index (χ3v) is 3.10. The summed E-state index contributed by atoms with van der Waals surface area (Å²) in [6.45, 7) is 6.05. The molecule has 110 valence electrons. The summed E-state index contributed by atoms with van der Waals surface area (Å²) in [4.78, 5) is 15.7. The monoisotopic (exact) mass is 285 g/mol. The summed E-state index contributed by atoms with van der Waals surface area (Å²) in [6.07, 6.45) is 0.766. The number of benzene rings is 1. The largest absolute Gasteiger partial charge is 0.491 e. The van der Waals surface area contributed by atoms with Gasteiger partial charge in [0.25, 0.3) is 0 Å². The van der Waals surface area contributed by atoms with E-state index in [2.05, 4.69) is 11.1 Å². The zero-order valence-corrected chi connectivity index (χ0v) is 12.6. The molecule has 2 rings (SSSR count). The van der Waals surface area contributed by atoms with Crippen molar-refractivity contribution in [2.75, 3.05) is 0 Å². The molecule has 0 N–H and O–H groups in total. The second kappa shape index (κ2) is 6.40. The lowest BCUT2D eigenvalue weighted by Crippen LogP contribution is -2.07. The maximum Gasteiger partial charge on any atom is 0.131 e. The predicted molar refractivity (Wildman–Crippen MR) is 80.1 cm³/mol. The van der Waals surface area contributed by atoms with Crippen LogP contribution in [0.2, 0.25) is 0 Å². The van der Waals surface area contributed by atoms with Gasteiger partial charge in [-0.1, -0.05) is 0 Å². The van der Waals surface area contributed by atoms with Crippen LogP contribution in [-0.4, -0.2) is 21.4 Å². The average molecular weight is 285 g/mol. The fraction of sp³-hybridized carbons (Fsp3) is 0.438. The molecule has 0 saturated heterocycles. The Morgan fingerprint density at radius 3 is 2.86 bits per heavy atom.